The van der Waals surface area contributed by atoms with E-state index in [9.17, 15) is 9.59 Å². The number of imide groups is 1. The summed E-state index contributed by atoms with van der Waals surface area (Å²) >= 11 is 0. The molecule has 0 saturated carbocycles. The number of hydrogen-bond donors (Lipinski definition) is 0. The minimum atomic E-state index is -0.312. The summed E-state index contributed by atoms with van der Waals surface area (Å²) < 4.78 is 12.7. The number of carbonyl (C=O) groups excluding carboxylic acids is 2. The molecule has 0 spiro atoms. The van der Waals surface area contributed by atoms with E-state index in [2.05, 4.69) is 4.98 Å². The van der Waals surface area contributed by atoms with E-state index in [4.69, 9.17) is 9.15 Å². The zero-order valence-electron chi connectivity index (χ0n) is 14.5. The molecule has 3 heterocycles. The molecule has 2 aromatic heterocycles. The first-order chi connectivity index (χ1) is 13.1. The van der Waals surface area contributed by atoms with Crippen LogP contribution in [0.3, 0.4) is 0 Å². The van der Waals surface area contributed by atoms with Crippen LogP contribution in [0.4, 0.5) is 0 Å². The van der Waals surface area contributed by atoms with Gasteiger partial charge in [-0.05, 0) is 24.3 Å². The number of benzene rings is 1. The van der Waals surface area contributed by atoms with Crippen molar-refractivity contribution in [2.24, 2.45) is 0 Å². The zero-order valence-corrected chi connectivity index (χ0v) is 14.5. The molecule has 0 aliphatic carbocycles. The van der Waals surface area contributed by atoms with Gasteiger partial charge in [0, 0.05) is 35.4 Å². The number of aromatic nitrogens is 2. The molecule has 1 aliphatic heterocycles. The smallest absolute Gasteiger partial charge is 0.258 e. The molecule has 0 atom stereocenters. The number of ether oxygens (including phenoxy) is 1. The topological polar surface area (TPSA) is 76.5 Å². The predicted octanol–water partition coefficient (Wildman–Crippen LogP) is 2.19. The molecule has 0 bridgehead atoms. The maximum Gasteiger partial charge on any atom is 0.258 e. The number of amides is 2. The number of carbonyl (C=O) groups is 2. The third-order valence-electron chi connectivity index (χ3n) is 4.22. The Morgan fingerprint density at radius 3 is 2.30 bits per heavy atom. The first kappa shape index (κ1) is 16.7. The van der Waals surface area contributed by atoms with Crippen molar-refractivity contribution in [2.75, 3.05) is 7.11 Å². The molecule has 4 rings (SSSR count). The molecular weight excluding hydrogens is 346 g/mol. The summed E-state index contributed by atoms with van der Waals surface area (Å²) in [7, 11) is 1.62. The van der Waals surface area contributed by atoms with Crippen molar-refractivity contribution in [3.05, 3.63) is 67.1 Å². The fourth-order valence-corrected chi connectivity index (χ4v) is 2.72. The Morgan fingerprint density at radius 1 is 1.00 bits per heavy atom. The summed E-state index contributed by atoms with van der Waals surface area (Å²) in [5.41, 5.74) is 1.70. The lowest BCUT2D eigenvalue weighted by Crippen LogP contribution is -2.45. The highest BCUT2D eigenvalue weighted by Gasteiger charge is 2.26. The third-order valence-corrected chi connectivity index (χ3v) is 4.22. The van der Waals surface area contributed by atoms with Gasteiger partial charge in [-0.1, -0.05) is 0 Å². The minimum absolute atomic E-state index is 0.160. The van der Waals surface area contributed by atoms with Crippen LogP contribution in [0.1, 0.15) is 0 Å². The molecule has 1 aromatic carbocycles. The van der Waals surface area contributed by atoms with Gasteiger partial charge in [0.1, 0.15) is 5.75 Å². The van der Waals surface area contributed by atoms with E-state index in [1.165, 1.54) is 12.2 Å². The highest BCUT2D eigenvalue weighted by molar-refractivity contribution is 6.12. The molecular formula is C20H16N3O4+. The lowest BCUT2D eigenvalue weighted by atomic mass is 10.2. The van der Waals surface area contributed by atoms with Gasteiger partial charge in [-0.15, -0.1) is 0 Å². The Balaban J connectivity index is 1.50. The molecule has 0 N–H and O–H groups in total. The maximum absolute atomic E-state index is 11.6. The van der Waals surface area contributed by atoms with Crippen LogP contribution in [0.25, 0.3) is 22.8 Å². The Kier molecular flexibility index (Phi) is 4.25. The van der Waals surface area contributed by atoms with Crippen LogP contribution in [0.2, 0.25) is 0 Å². The van der Waals surface area contributed by atoms with E-state index in [1.54, 1.807) is 30.3 Å². The van der Waals surface area contributed by atoms with Gasteiger partial charge in [0.25, 0.3) is 11.8 Å². The van der Waals surface area contributed by atoms with Crippen molar-refractivity contribution >= 4 is 11.8 Å². The molecule has 0 saturated heterocycles. The minimum Gasteiger partial charge on any atom is -0.497 e. The second-order valence-corrected chi connectivity index (χ2v) is 5.94. The van der Waals surface area contributed by atoms with Crippen LogP contribution in [-0.2, 0) is 16.3 Å². The Morgan fingerprint density at radius 2 is 1.67 bits per heavy atom. The third kappa shape index (κ3) is 3.35. The van der Waals surface area contributed by atoms with Crippen molar-refractivity contribution in [3.63, 3.8) is 0 Å². The predicted molar refractivity (Wildman–Crippen MR) is 95.1 cm³/mol. The average Bonchev–Trinajstić information content (AvgIpc) is 3.31. The highest BCUT2D eigenvalue weighted by atomic mass is 16.5. The van der Waals surface area contributed by atoms with Gasteiger partial charge in [-0.25, -0.2) is 9.88 Å². The van der Waals surface area contributed by atoms with Gasteiger partial charge in [0.05, 0.1) is 13.3 Å². The van der Waals surface area contributed by atoms with E-state index in [1.807, 2.05) is 36.4 Å². The van der Waals surface area contributed by atoms with Crippen LogP contribution >= 0.6 is 0 Å². The second-order valence-electron chi connectivity index (χ2n) is 5.94. The lowest BCUT2D eigenvalue weighted by Gasteiger charge is -2.09. The summed E-state index contributed by atoms with van der Waals surface area (Å²) in [6.45, 7) is 0.160. The summed E-state index contributed by atoms with van der Waals surface area (Å²) in [5.74, 6) is 1.30. The summed E-state index contributed by atoms with van der Waals surface area (Å²) in [5, 5.41) is 0. The van der Waals surface area contributed by atoms with Gasteiger partial charge < -0.3 is 9.15 Å². The molecule has 7 nitrogen and oxygen atoms in total. The summed E-state index contributed by atoms with van der Waals surface area (Å²) in [4.78, 5) is 28.7. The Bertz CT molecular complexity index is 1000. The summed E-state index contributed by atoms with van der Waals surface area (Å²) in [6.07, 6.45) is 7.75. The molecule has 27 heavy (non-hydrogen) atoms. The number of rotatable bonds is 5. The molecule has 0 fully saturated rings. The molecule has 2 amide bonds. The monoisotopic (exact) mass is 362 g/mol. The highest BCUT2D eigenvalue weighted by Crippen LogP contribution is 2.26. The molecule has 1 aliphatic rings. The van der Waals surface area contributed by atoms with E-state index in [-0.39, 0.29) is 18.5 Å². The molecule has 134 valence electrons. The standard InChI is InChI=1S/C20H16N3O4/c1-26-16-4-2-14(3-5-16)17-12-21-20(27-17)15-8-10-22(11-9-15)13-23-18(24)6-7-19(23)25/h2-12H,13H2,1H3/q+1. The van der Waals surface area contributed by atoms with E-state index in [0.29, 0.717) is 11.7 Å². The number of methoxy groups -OCH3 is 1. The van der Waals surface area contributed by atoms with Crippen LogP contribution < -0.4 is 9.30 Å². The number of hydrogen-bond acceptors (Lipinski definition) is 5. The fraction of sp³-hybridized carbons (Fsp3) is 0.100. The van der Waals surface area contributed by atoms with Gasteiger partial charge in [0.15, 0.2) is 18.2 Å². The largest absolute Gasteiger partial charge is 0.497 e. The Labute approximate surface area is 155 Å². The van der Waals surface area contributed by atoms with Crippen molar-refractivity contribution < 1.29 is 23.3 Å². The van der Waals surface area contributed by atoms with Crippen molar-refractivity contribution in [1.82, 2.24) is 9.88 Å². The fourth-order valence-electron chi connectivity index (χ4n) is 2.72. The SMILES string of the molecule is COc1ccc(-c2cnc(-c3cc[n+](CN4C(=O)C=CC4=O)cc3)o2)cc1. The zero-order chi connectivity index (χ0) is 18.8. The van der Waals surface area contributed by atoms with Gasteiger partial charge in [-0.3, -0.25) is 9.59 Å². The molecule has 7 heteroatoms. The number of pyridine rings is 1. The average molecular weight is 362 g/mol. The lowest BCUT2D eigenvalue weighted by molar-refractivity contribution is -0.709. The summed E-state index contributed by atoms with van der Waals surface area (Å²) in [6, 6.07) is 11.2. The van der Waals surface area contributed by atoms with Crippen LogP contribution in [0, 0.1) is 0 Å². The first-order valence-corrected chi connectivity index (χ1v) is 8.27. The molecule has 3 aromatic rings. The van der Waals surface area contributed by atoms with Crippen LogP contribution in [0.15, 0.2) is 71.6 Å². The number of oxazole rings is 1. The van der Waals surface area contributed by atoms with Gasteiger partial charge >= 0.3 is 0 Å². The maximum atomic E-state index is 11.6. The van der Waals surface area contributed by atoms with Crippen molar-refractivity contribution in [2.45, 2.75) is 6.67 Å². The normalized spacial score (nSPS) is 13.4. The van der Waals surface area contributed by atoms with E-state index < -0.39 is 0 Å². The Hall–Kier alpha value is -3.74. The van der Waals surface area contributed by atoms with E-state index >= 15 is 0 Å². The van der Waals surface area contributed by atoms with Gasteiger partial charge in [0.2, 0.25) is 12.6 Å². The first-order valence-electron chi connectivity index (χ1n) is 8.27. The van der Waals surface area contributed by atoms with Crippen molar-refractivity contribution in [3.8, 4) is 28.5 Å². The second kappa shape index (κ2) is 6.87. The van der Waals surface area contributed by atoms with Crippen LogP contribution in [-0.4, -0.2) is 28.8 Å². The van der Waals surface area contributed by atoms with E-state index in [0.717, 1.165) is 21.8 Å². The van der Waals surface area contributed by atoms with Gasteiger partial charge in [-0.2, -0.15) is 4.57 Å². The molecule has 0 radical (unpaired) electrons. The number of nitrogens with zero attached hydrogens (tertiary/aromatic N) is 3. The quantitative estimate of drug-likeness (QED) is 0.514. The van der Waals surface area contributed by atoms with Crippen molar-refractivity contribution in [1.29, 1.82) is 0 Å². The van der Waals surface area contributed by atoms with Crippen LogP contribution in [0.5, 0.6) is 5.75 Å². The molecule has 0 unspecified atom stereocenters.